The van der Waals surface area contributed by atoms with Crippen LogP contribution in [0.1, 0.15) is 25.0 Å². The van der Waals surface area contributed by atoms with Gasteiger partial charge in [0.2, 0.25) is 6.17 Å². The number of esters is 1. The average Bonchev–Trinajstić information content (AvgIpc) is 2.37. The van der Waals surface area contributed by atoms with Gasteiger partial charge in [-0.15, -0.1) is 0 Å². The molecular weight excluding hydrogens is 280 g/mol. The molecule has 0 aliphatic carbocycles. The standard InChI is InChI=1S/C13H14F4O3/c1-3-20-11(18)10(14)12(2,19)8-6-4-5-7-9(8)13(15,16)17/h4-7,10,19H,3H2,1-2H3. The third-order valence-electron chi connectivity index (χ3n) is 2.76. The molecule has 7 heteroatoms. The van der Waals surface area contributed by atoms with E-state index in [9.17, 15) is 27.5 Å². The molecule has 0 saturated carbocycles. The van der Waals surface area contributed by atoms with Gasteiger partial charge in [0.05, 0.1) is 12.2 Å². The number of benzene rings is 1. The number of ether oxygens (including phenoxy) is 1. The van der Waals surface area contributed by atoms with E-state index in [1.165, 1.54) is 13.0 Å². The predicted octanol–water partition coefficient (Wildman–Crippen LogP) is 2.81. The zero-order valence-electron chi connectivity index (χ0n) is 10.9. The third-order valence-corrected chi connectivity index (χ3v) is 2.76. The van der Waals surface area contributed by atoms with E-state index in [4.69, 9.17) is 0 Å². The lowest BCUT2D eigenvalue weighted by molar-refractivity contribution is -0.162. The molecule has 0 amide bonds. The average molecular weight is 294 g/mol. The summed E-state index contributed by atoms with van der Waals surface area (Å²) in [5, 5.41) is 10.0. The van der Waals surface area contributed by atoms with Crippen molar-refractivity contribution in [2.24, 2.45) is 0 Å². The summed E-state index contributed by atoms with van der Waals surface area (Å²) in [6, 6.07) is 3.97. The summed E-state index contributed by atoms with van der Waals surface area (Å²) in [4.78, 5) is 11.3. The van der Waals surface area contributed by atoms with Crippen LogP contribution in [0.5, 0.6) is 0 Å². The smallest absolute Gasteiger partial charge is 0.416 e. The van der Waals surface area contributed by atoms with Gasteiger partial charge < -0.3 is 9.84 Å². The molecule has 0 heterocycles. The first kappa shape index (κ1) is 16.4. The SMILES string of the molecule is CCOC(=O)C(F)C(C)(O)c1ccccc1C(F)(F)F. The largest absolute Gasteiger partial charge is 0.464 e. The summed E-state index contributed by atoms with van der Waals surface area (Å²) < 4.78 is 56.8. The fraction of sp³-hybridized carbons (Fsp3) is 0.462. The number of halogens is 4. The summed E-state index contributed by atoms with van der Waals surface area (Å²) in [6.45, 7) is 2.08. The van der Waals surface area contributed by atoms with E-state index in [0.29, 0.717) is 6.07 Å². The second-order valence-electron chi connectivity index (χ2n) is 4.31. The normalized spacial score (nSPS) is 16.4. The molecule has 0 radical (unpaired) electrons. The molecule has 0 saturated heterocycles. The zero-order valence-corrected chi connectivity index (χ0v) is 10.9. The van der Waals surface area contributed by atoms with Crippen molar-refractivity contribution in [3.63, 3.8) is 0 Å². The molecule has 0 bridgehead atoms. The molecule has 0 fully saturated rings. The maximum Gasteiger partial charge on any atom is 0.416 e. The molecule has 0 aliphatic rings. The molecule has 0 aliphatic heterocycles. The maximum absolute atomic E-state index is 13.9. The Morgan fingerprint density at radius 3 is 2.25 bits per heavy atom. The Morgan fingerprint density at radius 2 is 1.80 bits per heavy atom. The Hall–Kier alpha value is -1.63. The molecule has 1 N–H and O–H groups in total. The van der Waals surface area contributed by atoms with Crippen molar-refractivity contribution < 1.29 is 32.2 Å². The van der Waals surface area contributed by atoms with Gasteiger partial charge >= 0.3 is 12.1 Å². The molecule has 1 aromatic rings. The van der Waals surface area contributed by atoms with Crippen LogP contribution in [-0.2, 0) is 21.3 Å². The first-order valence-electron chi connectivity index (χ1n) is 5.82. The highest BCUT2D eigenvalue weighted by molar-refractivity contribution is 5.76. The van der Waals surface area contributed by atoms with Gasteiger partial charge in [0.1, 0.15) is 5.60 Å². The predicted molar refractivity (Wildman–Crippen MR) is 62.5 cm³/mol. The first-order valence-corrected chi connectivity index (χ1v) is 5.82. The Bertz CT molecular complexity index is 483. The number of hydrogen-bond donors (Lipinski definition) is 1. The Kier molecular flexibility index (Phi) is 4.75. The second kappa shape index (κ2) is 5.78. The van der Waals surface area contributed by atoms with E-state index in [-0.39, 0.29) is 6.61 Å². The van der Waals surface area contributed by atoms with Gasteiger partial charge in [-0.2, -0.15) is 13.2 Å². The van der Waals surface area contributed by atoms with Crippen molar-refractivity contribution >= 4 is 5.97 Å². The maximum atomic E-state index is 13.9. The molecular formula is C13H14F4O3. The third kappa shape index (κ3) is 3.27. The number of hydrogen-bond acceptors (Lipinski definition) is 3. The van der Waals surface area contributed by atoms with Crippen LogP contribution < -0.4 is 0 Å². The number of rotatable bonds is 4. The van der Waals surface area contributed by atoms with Gasteiger partial charge in [0.25, 0.3) is 0 Å². The fourth-order valence-corrected chi connectivity index (χ4v) is 1.75. The van der Waals surface area contributed by atoms with Crippen LogP contribution in [-0.4, -0.2) is 23.9 Å². The number of aliphatic hydroxyl groups is 1. The van der Waals surface area contributed by atoms with Crippen LogP contribution in [0.2, 0.25) is 0 Å². The Morgan fingerprint density at radius 1 is 1.30 bits per heavy atom. The van der Waals surface area contributed by atoms with Crippen molar-refractivity contribution in [3.8, 4) is 0 Å². The van der Waals surface area contributed by atoms with Gasteiger partial charge in [-0.1, -0.05) is 18.2 Å². The summed E-state index contributed by atoms with van der Waals surface area (Å²) >= 11 is 0. The van der Waals surface area contributed by atoms with E-state index in [1.54, 1.807) is 0 Å². The highest BCUT2D eigenvalue weighted by Gasteiger charge is 2.46. The van der Waals surface area contributed by atoms with Gasteiger partial charge in [0.15, 0.2) is 0 Å². The summed E-state index contributed by atoms with van der Waals surface area (Å²) in [5.74, 6) is -1.41. The fourth-order valence-electron chi connectivity index (χ4n) is 1.75. The van der Waals surface area contributed by atoms with Crippen LogP contribution >= 0.6 is 0 Å². The summed E-state index contributed by atoms with van der Waals surface area (Å²) in [7, 11) is 0. The molecule has 112 valence electrons. The van der Waals surface area contributed by atoms with E-state index in [0.717, 1.165) is 19.1 Å². The van der Waals surface area contributed by atoms with Crippen molar-refractivity contribution in [2.45, 2.75) is 31.8 Å². The molecule has 3 nitrogen and oxygen atoms in total. The highest BCUT2D eigenvalue weighted by atomic mass is 19.4. The minimum absolute atomic E-state index is 0.143. The van der Waals surface area contributed by atoms with Crippen molar-refractivity contribution in [1.29, 1.82) is 0 Å². The van der Waals surface area contributed by atoms with E-state index >= 15 is 0 Å². The molecule has 2 atom stereocenters. The zero-order chi connectivity index (χ0) is 15.6. The molecule has 1 rings (SSSR count). The van der Waals surface area contributed by atoms with Crippen LogP contribution in [0.4, 0.5) is 17.6 Å². The van der Waals surface area contributed by atoms with Gasteiger partial charge in [-0.3, -0.25) is 0 Å². The molecule has 1 aromatic carbocycles. The van der Waals surface area contributed by atoms with Crippen LogP contribution in [0.3, 0.4) is 0 Å². The lowest BCUT2D eigenvalue weighted by Gasteiger charge is -2.29. The van der Waals surface area contributed by atoms with Crippen LogP contribution in [0.25, 0.3) is 0 Å². The minimum atomic E-state index is -4.77. The van der Waals surface area contributed by atoms with Gasteiger partial charge in [0, 0.05) is 0 Å². The molecule has 20 heavy (non-hydrogen) atoms. The summed E-state index contributed by atoms with van der Waals surface area (Å²) in [5.41, 5.74) is -4.55. The minimum Gasteiger partial charge on any atom is -0.464 e. The number of carbonyl (C=O) groups is 1. The van der Waals surface area contributed by atoms with E-state index < -0.39 is 35.0 Å². The Labute approximate surface area is 113 Å². The number of carbonyl (C=O) groups excluding carboxylic acids is 1. The lowest BCUT2D eigenvalue weighted by atomic mass is 9.87. The van der Waals surface area contributed by atoms with E-state index in [1.807, 2.05) is 0 Å². The second-order valence-corrected chi connectivity index (χ2v) is 4.31. The van der Waals surface area contributed by atoms with Crippen molar-refractivity contribution in [1.82, 2.24) is 0 Å². The summed E-state index contributed by atoms with van der Waals surface area (Å²) in [6.07, 6.45) is -7.39. The Balaban J connectivity index is 3.25. The quantitative estimate of drug-likeness (QED) is 0.686. The van der Waals surface area contributed by atoms with Crippen LogP contribution in [0, 0.1) is 0 Å². The molecule has 2 unspecified atom stereocenters. The highest BCUT2D eigenvalue weighted by Crippen LogP contribution is 2.38. The van der Waals surface area contributed by atoms with Crippen molar-refractivity contribution in [3.05, 3.63) is 35.4 Å². The topological polar surface area (TPSA) is 46.5 Å². The number of alkyl halides is 4. The lowest BCUT2D eigenvalue weighted by Crippen LogP contribution is -2.41. The van der Waals surface area contributed by atoms with Crippen molar-refractivity contribution in [2.75, 3.05) is 6.61 Å². The first-order chi connectivity index (χ1) is 9.12. The van der Waals surface area contributed by atoms with E-state index in [2.05, 4.69) is 4.74 Å². The van der Waals surface area contributed by atoms with Crippen LogP contribution in [0.15, 0.2) is 24.3 Å². The van der Waals surface area contributed by atoms with Gasteiger partial charge in [-0.25, -0.2) is 9.18 Å². The van der Waals surface area contributed by atoms with Gasteiger partial charge in [-0.05, 0) is 25.5 Å². The monoisotopic (exact) mass is 294 g/mol. The molecule has 0 aromatic heterocycles. The molecule has 0 spiro atoms.